The molecule has 0 aromatic carbocycles. The lowest BCUT2D eigenvalue weighted by Gasteiger charge is -2.21. The summed E-state index contributed by atoms with van der Waals surface area (Å²) in [7, 11) is 0. The van der Waals surface area contributed by atoms with Crippen LogP contribution in [0.15, 0.2) is 0 Å². The van der Waals surface area contributed by atoms with Crippen molar-refractivity contribution in [1.29, 1.82) is 0 Å². The van der Waals surface area contributed by atoms with Crippen LogP contribution in [0.1, 0.15) is 27.2 Å². The SMILES string of the molecule is CC(C)(C)NCCC(O)CO. The van der Waals surface area contributed by atoms with E-state index in [4.69, 9.17) is 10.2 Å². The minimum atomic E-state index is -0.579. The molecule has 0 spiro atoms. The van der Waals surface area contributed by atoms with E-state index in [9.17, 15) is 0 Å². The van der Waals surface area contributed by atoms with Crippen molar-refractivity contribution in [3.63, 3.8) is 0 Å². The van der Waals surface area contributed by atoms with Crippen LogP contribution >= 0.6 is 0 Å². The topological polar surface area (TPSA) is 52.5 Å². The molecule has 0 radical (unpaired) electrons. The summed E-state index contributed by atoms with van der Waals surface area (Å²) < 4.78 is 0. The lowest BCUT2D eigenvalue weighted by molar-refractivity contribution is 0.0868. The Morgan fingerprint density at radius 1 is 1.36 bits per heavy atom. The Balaban J connectivity index is 3.28. The molecule has 3 nitrogen and oxygen atoms in total. The summed E-state index contributed by atoms with van der Waals surface area (Å²) in [6.45, 7) is 6.80. The van der Waals surface area contributed by atoms with Crippen molar-refractivity contribution < 1.29 is 10.2 Å². The highest BCUT2D eigenvalue weighted by atomic mass is 16.3. The van der Waals surface area contributed by atoms with E-state index in [1.165, 1.54) is 0 Å². The molecule has 0 aliphatic rings. The third-order valence-electron chi connectivity index (χ3n) is 1.34. The fourth-order valence-corrected chi connectivity index (χ4v) is 0.705. The smallest absolute Gasteiger partial charge is 0.0783 e. The van der Waals surface area contributed by atoms with E-state index in [1.54, 1.807) is 0 Å². The van der Waals surface area contributed by atoms with Crippen molar-refractivity contribution in [2.75, 3.05) is 13.2 Å². The van der Waals surface area contributed by atoms with Crippen LogP contribution < -0.4 is 5.32 Å². The summed E-state index contributed by atoms with van der Waals surface area (Å²) in [6, 6.07) is 0. The molecule has 0 heterocycles. The summed E-state index contributed by atoms with van der Waals surface area (Å²) >= 11 is 0. The van der Waals surface area contributed by atoms with E-state index in [1.807, 2.05) is 0 Å². The van der Waals surface area contributed by atoms with E-state index in [0.29, 0.717) is 6.42 Å². The molecule has 3 N–H and O–H groups in total. The van der Waals surface area contributed by atoms with Crippen LogP contribution in [0.2, 0.25) is 0 Å². The highest BCUT2D eigenvalue weighted by Crippen LogP contribution is 1.98. The molecule has 0 bridgehead atoms. The Labute approximate surface area is 68.4 Å². The average Bonchev–Trinajstić information content (AvgIpc) is 1.85. The number of aliphatic hydroxyl groups excluding tert-OH is 2. The van der Waals surface area contributed by atoms with E-state index >= 15 is 0 Å². The maximum atomic E-state index is 8.96. The van der Waals surface area contributed by atoms with Crippen LogP contribution in [0.4, 0.5) is 0 Å². The van der Waals surface area contributed by atoms with Gasteiger partial charge in [0.15, 0.2) is 0 Å². The Hall–Kier alpha value is -0.120. The third kappa shape index (κ3) is 7.78. The first kappa shape index (κ1) is 10.9. The van der Waals surface area contributed by atoms with Gasteiger partial charge < -0.3 is 15.5 Å². The van der Waals surface area contributed by atoms with Gasteiger partial charge in [0.05, 0.1) is 12.7 Å². The van der Waals surface area contributed by atoms with Gasteiger partial charge in [-0.15, -0.1) is 0 Å². The minimum Gasteiger partial charge on any atom is -0.394 e. The van der Waals surface area contributed by atoms with Crippen molar-refractivity contribution in [2.24, 2.45) is 0 Å². The largest absolute Gasteiger partial charge is 0.394 e. The summed E-state index contributed by atoms with van der Waals surface area (Å²) in [5, 5.41) is 20.7. The van der Waals surface area contributed by atoms with Crippen LogP contribution in [0, 0.1) is 0 Å². The highest BCUT2D eigenvalue weighted by Gasteiger charge is 2.09. The van der Waals surface area contributed by atoms with Crippen molar-refractivity contribution >= 4 is 0 Å². The molecule has 0 rings (SSSR count). The monoisotopic (exact) mass is 161 g/mol. The van der Waals surface area contributed by atoms with Crippen molar-refractivity contribution in [3.8, 4) is 0 Å². The molecular formula is C8H19NO2. The Morgan fingerprint density at radius 3 is 2.27 bits per heavy atom. The zero-order valence-corrected chi connectivity index (χ0v) is 7.59. The summed E-state index contributed by atoms with van der Waals surface area (Å²) in [4.78, 5) is 0. The van der Waals surface area contributed by atoms with Crippen LogP contribution in [-0.2, 0) is 0 Å². The molecule has 1 unspecified atom stereocenters. The van der Waals surface area contributed by atoms with Gasteiger partial charge in [-0.1, -0.05) is 0 Å². The van der Waals surface area contributed by atoms with E-state index in [2.05, 4.69) is 26.1 Å². The predicted octanol–water partition coefficient (Wildman–Crippen LogP) is 0.118. The maximum absolute atomic E-state index is 8.96. The highest BCUT2D eigenvalue weighted by molar-refractivity contribution is 4.70. The number of hydrogen-bond acceptors (Lipinski definition) is 3. The Morgan fingerprint density at radius 2 is 1.91 bits per heavy atom. The Kier molecular flexibility index (Phi) is 4.65. The van der Waals surface area contributed by atoms with Gasteiger partial charge in [-0.25, -0.2) is 0 Å². The molecule has 0 fully saturated rings. The molecule has 0 aromatic heterocycles. The first-order valence-corrected chi connectivity index (χ1v) is 3.99. The number of rotatable bonds is 4. The summed E-state index contributed by atoms with van der Waals surface area (Å²) in [5.74, 6) is 0. The van der Waals surface area contributed by atoms with E-state index in [-0.39, 0.29) is 12.1 Å². The van der Waals surface area contributed by atoms with Crippen LogP contribution in [0.5, 0.6) is 0 Å². The predicted molar refractivity (Wildman–Crippen MR) is 45.5 cm³/mol. The summed E-state index contributed by atoms with van der Waals surface area (Å²) in [6.07, 6.45) is 0.0261. The fraction of sp³-hybridized carbons (Fsp3) is 1.00. The van der Waals surface area contributed by atoms with Crippen molar-refractivity contribution in [2.45, 2.75) is 38.8 Å². The normalized spacial score (nSPS) is 15.0. The minimum absolute atomic E-state index is 0.0924. The molecule has 3 heteroatoms. The first-order chi connectivity index (χ1) is 4.95. The molecular weight excluding hydrogens is 142 g/mol. The van der Waals surface area contributed by atoms with Gasteiger partial charge in [0.2, 0.25) is 0 Å². The van der Waals surface area contributed by atoms with Crippen molar-refractivity contribution in [1.82, 2.24) is 5.32 Å². The number of nitrogens with one attached hydrogen (secondary N) is 1. The second-order valence-corrected chi connectivity index (χ2v) is 3.80. The van der Waals surface area contributed by atoms with Gasteiger partial charge >= 0.3 is 0 Å². The molecule has 0 aliphatic heterocycles. The van der Waals surface area contributed by atoms with E-state index < -0.39 is 6.10 Å². The summed E-state index contributed by atoms with van der Waals surface area (Å²) in [5.41, 5.74) is 0.0924. The van der Waals surface area contributed by atoms with Gasteiger partial charge in [-0.3, -0.25) is 0 Å². The van der Waals surface area contributed by atoms with Gasteiger partial charge in [0, 0.05) is 5.54 Å². The second kappa shape index (κ2) is 4.70. The van der Waals surface area contributed by atoms with Gasteiger partial charge in [-0.05, 0) is 33.7 Å². The Bertz CT molecular complexity index is 98.8. The zero-order chi connectivity index (χ0) is 8.91. The molecule has 0 saturated carbocycles. The molecule has 0 aromatic rings. The quantitative estimate of drug-likeness (QED) is 0.549. The van der Waals surface area contributed by atoms with Crippen LogP contribution in [0.3, 0.4) is 0 Å². The first-order valence-electron chi connectivity index (χ1n) is 3.99. The van der Waals surface area contributed by atoms with Gasteiger partial charge in [-0.2, -0.15) is 0 Å². The van der Waals surface area contributed by atoms with Crippen LogP contribution in [0.25, 0.3) is 0 Å². The molecule has 11 heavy (non-hydrogen) atoms. The van der Waals surface area contributed by atoms with Gasteiger partial charge in [0.25, 0.3) is 0 Å². The average molecular weight is 161 g/mol. The molecule has 68 valence electrons. The zero-order valence-electron chi connectivity index (χ0n) is 7.59. The lowest BCUT2D eigenvalue weighted by Crippen LogP contribution is -2.37. The van der Waals surface area contributed by atoms with Crippen LogP contribution in [-0.4, -0.2) is 35.0 Å². The molecule has 0 saturated heterocycles. The number of hydrogen-bond donors (Lipinski definition) is 3. The number of aliphatic hydroxyl groups is 2. The van der Waals surface area contributed by atoms with Gasteiger partial charge in [0.1, 0.15) is 0 Å². The van der Waals surface area contributed by atoms with Crippen molar-refractivity contribution in [3.05, 3.63) is 0 Å². The second-order valence-electron chi connectivity index (χ2n) is 3.80. The molecule has 0 amide bonds. The lowest BCUT2D eigenvalue weighted by atomic mass is 10.1. The fourth-order valence-electron chi connectivity index (χ4n) is 0.705. The maximum Gasteiger partial charge on any atom is 0.0783 e. The molecule has 1 atom stereocenters. The van der Waals surface area contributed by atoms with E-state index in [0.717, 1.165) is 6.54 Å². The standard InChI is InChI=1S/C8H19NO2/c1-8(2,3)9-5-4-7(11)6-10/h7,9-11H,4-6H2,1-3H3. The molecule has 0 aliphatic carbocycles. The third-order valence-corrected chi connectivity index (χ3v) is 1.34.